The Hall–Kier alpha value is -6.69. The molecule has 67 heavy (non-hydrogen) atoms. The van der Waals surface area contributed by atoms with Crippen LogP contribution < -0.4 is 9.64 Å². The van der Waals surface area contributed by atoms with Crippen LogP contribution in [0.1, 0.15) is 101 Å². The van der Waals surface area contributed by atoms with Gasteiger partial charge in [-0.15, -0.1) is 0 Å². The van der Waals surface area contributed by atoms with E-state index in [1.54, 1.807) is 0 Å². The van der Waals surface area contributed by atoms with Crippen LogP contribution >= 0.6 is 0 Å². The maximum absolute atomic E-state index is 6.89. The van der Waals surface area contributed by atoms with E-state index in [1.165, 1.54) is 16.7 Å². The molecule has 9 aromatic rings. The quantitative estimate of drug-likeness (QED) is 0.161. The van der Waals surface area contributed by atoms with Gasteiger partial charge in [0, 0.05) is 31.0 Å². The van der Waals surface area contributed by atoms with Gasteiger partial charge in [-0.25, -0.2) is 0 Å². The third-order valence-electron chi connectivity index (χ3n) is 13.5. The first-order chi connectivity index (χ1) is 32.0. The summed E-state index contributed by atoms with van der Waals surface area (Å²) in [5.41, 5.74) is 15.6. The van der Waals surface area contributed by atoms with E-state index >= 15 is 0 Å². The Morgan fingerprint density at radius 3 is 1.81 bits per heavy atom. The number of imidazole rings is 1. The second-order valence-corrected chi connectivity index (χ2v) is 21.9. The Morgan fingerprint density at radius 2 is 1.15 bits per heavy atom. The first-order valence-corrected chi connectivity index (χ1v) is 24.0. The molecule has 8 heteroatoms. The molecule has 5 heterocycles. The number of anilines is 3. The Kier molecular flexibility index (Phi) is 9.88. The Morgan fingerprint density at radius 1 is 0.537 bits per heavy atom. The van der Waals surface area contributed by atoms with Gasteiger partial charge in [-0.2, -0.15) is 0 Å². The van der Waals surface area contributed by atoms with Gasteiger partial charge in [-0.1, -0.05) is 39.0 Å². The summed E-state index contributed by atoms with van der Waals surface area (Å²) in [6, 6.07) is 50.7. The molecule has 0 unspecified atom stereocenters. The minimum atomic E-state index is -0.722. The summed E-state index contributed by atoms with van der Waals surface area (Å²) in [7, 11) is 0. The molecule has 0 fully saturated rings. The molecule has 336 valence electrons. The molecule has 5 aromatic carbocycles. The van der Waals surface area contributed by atoms with Crippen LogP contribution in [0.3, 0.4) is 0 Å². The SMILES string of the molecule is CC(C)(C)c1cc(-n2[c](=[Pt])n(-c3[c-]c(Oc4[c-]c5c(cc4)C4(c6cnccc6-c6ccncc64)c4ccccc4N5c4cc(C(C)(C)C)ccn4)ccc3)c3ccccc32)cc(C(C)(C)C)c1. The fourth-order valence-corrected chi connectivity index (χ4v) is 11.1. The molecule has 0 amide bonds. The summed E-state index contributed by atoms with van der Waals surface area (Å²) in [5, 5.41) is 0. The van der Waals surface area contributed by atoms with E-state index in [0.717, 1.165) is 76.8 Å². The zero-order valence-electron chi connectivity index (χ0n) is 39.3. The van der Waals surface area contributed by atoms with Crippen molar-refractivity contribution in [2.24, 2.45) is 0 Å². The molecule has 1 aliphatic heterocycles. The number of benzene rings is 5. The summed E-state index contributed by atoms with van der Waals surface area (Å²) in [6.45, 7) is 20.4. The van der Waals surface area contributed by atoms with E-state index < -0.39 is 5.41 Å². The van der Waals surface area contributed by atoms with Crippen molar-refractivity contribution in [3.05, 3.63) is 207 Å². The molecule has 0 bridgehead atoms. The third kappa shape index (κ3) is 6.88. The molecule has 11 rings (SSSR count). The van der Waals surface area contributed by atoms with E-state index in [2.05, 4.69) is 211 Å². The third-order valence-corrected chi connectivity index (χ3v) is 14.5. The average Bonchev–Trinajstić information content (AvgIpc) is 3.77. The standard InChI is InChI=1S/C59H52N6O.Pt/c1-56(2,3)38-23-28-62-55(32-38)65-51-18-11-10-17-47(51)59(49-35-60-26-24-45(49)46-25-27-61-36-50(46)59)48-22-21-44(34-54(48)65)66-43-16-14-15-41(33-43)63-37-64(53-20-13-12-19-52(53)63)42-30-39(57(4,5)6)29-40(31-42)58(7,8)9;/h10-32,35-36H,1-9H3;/q-2;. The van der Waals surface area contributed by atoms with Gasteiger partial charge in [0.1, 0.15) is 0 Å². The van der Waals surface area contributed by atoms with Crippen molar-refractivity contribution in [2.75, 3.05) is 4.90 Å². The molecule has 7 nitrogen and oxygen atoms in total. The number of fused-ring (bicyclic) bond motifs is 10. The van der Waals surface area contributed by atoms with Gasteiger partial charge in [0.2, 0.25) is 0 Å². The monoisotopic (exact) mass is 1060 g/mol. The van der Waals surface area contributed by atoms with E-state index in [0.29, 0.717) is 11.5 Å². The van der Waals surface area contributed by atoms with E-state index in [-0.39, 0.29) is 16.2 Å². The first kappa shape index (κ1) is 42.9. The van der Waals surface area contributed by atoms with Crippen LogP contribution in [0.25, 0.3) is 33.5 Å². The van der Waals surface area contributed by atoms with Crippen LogP contribution in [0, 0.1) is 15.9 Å². The minimum absolute atomic E-state index is 0.0256. The maximum atomic E-state index is 6.89. The number of aromatic nitrogens is 5. The molecular formula is C59H52N6OPt-2. The van der Waals surface area contributed by atoms with Crippen LogP contribution in [0.15, 0.2) is 152 Å². The summed E-state index contributed by atoms with van der Waals surface area (Å²) in [6.07, 6.45) is 9.72. The van der Waals surface area contributed by atoms with Crippen molar-refractivity contribution in [3.63, 3.8) is 0 Å². The van der Waals surface area contributed by atoms with Gasteiger partial charge in [-0.05, 0) is 40.3 Å². The predicted molar refractivity (Wildman–Crippen MR) is 265 cm³/mol. The van der Waals surface area contributed by atoms with Crippen LogP contribution in [0.5, 0.6) is 11.5 Å². The van der Waals surface area contributed by atoms with Gasteiger partial charge in [0.25, 0.3) is 0 Å². The number of hydrogen-bond donors (Lipinski definition) is 0. The number of para-hydroxylation sites is 3. The summed E-state index contributed by atoms with van der Waals surface area (Å²) in [5.74, 6) is 1.94. The molecule has 4 aromatic heterocycles. The molecule has 0 saturated carbocycles. The molecular weight excluding hydrogens is 1000 g/mol. The molecule has 0 atom stereocenters. The summed E-state index contributed by atoms with van der Waals surface area (Å²) in [4.78, 5) is 16.8. The van der Waals surface area contributed by atoms with E-state index in [9.17, 15) is 0 Å². The van der Waals surface area contributed by atoms with Crippen molar-refractivity contribution in [1.82, 2.24) is 24.1 Å². The van der Waals surface area contributed by atoms with E-state index in [4.69, 9.17) is 19.7 Å². The molecule has 1 spiro atoms. The second kappa shape index (κ2) is 15.4. The zero-order chi connectivity index (χ0) is 46.6. The van der Waals surface area contributed by atoms with Crippen LogP contribution in [-0.2, 0) is 41.0 Å². The van der Waals surface area contributed by atoms with Crippen LogP contribution in [-0.4, -0.2) is 24.1 Å². The van der Waals surface area contributed by atoms with Gasteiger partial charge in [0.15, 0.2) is 0 Å². The van der Waals surface area contributed by atoms with Crippen molar-refractivity contribution in [2.45, 2.75) is 84.0 Å². The zero-order valence-corrected chi connectivity index (χ0v) is 41.6. The molecule has 0 radical (unpaired) electrons. The molecule has 0 N–H and O–H groups in total. The summed E-state index contributed by atoms with van der Waals surface area (Å²) >= 11 is 2.47. The van der Waals surface area contributed by atoms with Crippen LogP contribution in [0.2, 0.25) is 0 Å². The van der Waals surface area contributed by atoms with Crippen molar-refractivity contribution in [3.8, 4) is 34.0 Å². The van der Waals surface area contributed by atoms with Gasteiger partial charge >= 0.3 is 286 Å². The predicted octanol–water partition coefficient (Wildman–Crippen LogP) is 14.1. The molecule has 1 aliphatic carbocycles. The van der Waals surface area contributed by atoms with E-state index in [1.807, 2.05) is 49.2 Å². The Bertz CT molecular complexity index is 3430. The second-order valence-electron chi connectivity index (χ2n) is 20.9. The van der Waals surface area contributed by atoms with Gasteiger partial charge in [0.05, 0.1) is 0 Å². The van der Waals surface area contributed by atoms with Crippen molar-refractivity contribution >= 4 is 28.2 Å². The fraction of sp³-hybridized carbons (Fsp3) is 0.220. The van der Waals surface area contributed by atoms with Crippen molar-refractivity contribution in [1.29, 1.82) is 0 Å². The number of ether oxygens (including phenoxy) is 1. The number of pyridine rings is 3. The number of nitrogens with zero attached hydrogens (tertiary/aromatic N) is 6. The first-order valence-electron chi connectivity index (χ1n) is 22.9. The van der Waals surface area contributed by atoms with Gasteiger partial charge < -0.3 is 0 Å². The normalized spacial score (nSPS) is 13.9. The summed E-state index contributed by atoms with van der Waals surface area (Å²) < 4.78 is 12.6. The Labute approximate surface area is 404 Å². The van der Waals surface area contributed by atoms with Crippen molar-refractivity contribution < 1.29 is 24.1 Å². The average molecular weight is 1060 g/mol. The topological polar surface area (TPSA) is 61.0 Å². The molecule has 2 aliphatic rings. The Balaban J connectivity index is 1.07. The number of rotatable bonds is 5. The fourth-order valence-electron chi connectivity index (χ4n) is 10.0. The molecule has 0 saturated heterocycles. The van der Waals surface area contributed by atoms with Gasteiger partial charge in [-0.3, -0.25) is 9.97 Å². The van der Waals surface area contributed by atoms with Crippen LogP contribution in [0.4, 0.5) is 17.2 Å². The number of hydrogen-bond acceptors (Lipinski definition) is 5.